The fourth-order valence-corrected chi connectivity index (χ4v) is 3.25. The Morgan fingerprint density at radius 3 is 2.32 bits per heavy atom. The van der Waals surface area contributed by atoms with Gasteiger partial charge >= 0.3 is 5.97 Å². The number of anilines is 1. The molecule has 0 aromatic heterocycles. The average molecular weight is 337 g/mol. The molecule has 130 valence electrons. The molecule has 2 aromatic rings. The highest BCUT2D eigenvalue weighted by atomic mass is 16.5. The van der Waals surface area contributed by atoms with Gasteiger partial charge in [-0.3, -0.25) is 4.79 Å². The van der Waals surface area contributed by atoms with Crippen LogP contribution in [0.4, 0.5) is 5.69 Å². The van der Waals surface area contributed by atoms with Gasteiger partial charge in [-0.1, -0.05) is 32.0 Å². The van der Waals surface area contributed by atoms with Gasteiger partial charge in [-0.2, -0.15) is 0 Å². The van der Waals surface area contributed by atoms with Gasteiger partial charge in [-0.05, 0) is 54.3 Å². The Balaban J connectivity index is 1.88. The molecule has 0 bridgehead atoms. The first-order valence-electron chi connectivity index (χ1n) is 8.45. The molecular formula is C21H23NO3. The van der Waals surface area contributed by atoms with Crippen LogP contribution in [-0.2, 0) is 9.53 Å². The number of benzene rings is 2. The van der Waals surface area contributed by atoms with Crippen LogP contribution in [0.5, 0.6) is 0 Å². The normalized spacial score (nSPS) is 16.2. The molecule has 0 saturated carbocycles. The van der Waals surface area contributed by atoms with Crippen LogP contribution >= 0.6 is 0 Å². The number of amides is 1. The fourth-order valence-electron chi connectivity index (χ4n) is 3.25. The molecule has 0 spiro atoms. The lowest BCUT2D eigenvalue weighted by Gasteiger charge is -2.21. The molecule has 1 fully saturated rings. The van der Waals surface area contributed by atoms with Gasteiger partial charge in [0.05, 0.1) is 12.7 Å². The molecule has 0 atom stereocenters. The number of carbonyl (C=O) groups excluding carboxylic acids is 2. The van der Waals surface area contributed by atoms with E-state index in [-0.39, 0.29) is 17.3 Å². The molecule has 1 saturated heterocycles. The maximum absolute atomic E-state index is 12.5. The molecule has 0 aliphatic carbocycles. The van der Waals surface area contributed by atoms with Crippen molar-refractivity contribution in [3.63, 3.8) is 0 Å². The van der Waals surface area contributed by atoms with Gasteiger partial charge < -0.3 is 9.64 Å². The summed E-state index contributed by atoms with van der Waals surface area (Å²) in [7, 11) is 1.38. The van der Waals surface area contributed by atoms with Crippen molar-refractivity contribution in [2.75, 3.05) is 18.6 Å². The number of hydrogen-bond donors (Lipinski definition) is 0. The van der Waals surface area contributed by atoms with Crippen molar-refractivity contribution >= 4 is 17.6 Å². The number of methoxy groups -OCH3 is 1. The maximum Gasteiger partial charge on any atom is 0.337 e. The van der Waals surface area contributed by atoms with E-state index in [4.69, 9.17) is 4.74 Å². The number of hydrogen-bond acceptors (Lipinski definition) is 3. The fraction of sp³-hybridized carbons (Fsp3) is 0.333. The van der Waals surface area contributed by atoms with Crippen molar-refractivity contribution in [3.8, 4) is 11.1 Å². The third-order valence-corrected chi connectivity index (χ3v) is 4.92. The summed E-state index contributed by atoms with van der Waals surface area (Å²) in [5.74, 6) is -0.157. The first-order valence-corrected chi connectivity index (χ1v) is 8.45. The van der Waals surface area contributed by atoms with Gasteiger partial charge in [0.15, 0.2) is 0 Å². The number of rotatable bonds is 3. The monoisotopic (exact) mass is 337 g/mol. The molecule has 0 N–H and O–H groups in total. The first-order chi connectivity index (χ1) is 11.8. The van der Waals surface area contributed by atoms with Crippen molar-refractivity contribution in [2.24, 2.45) is 5.41 Å². The zero-order valence-corrected chi connectivity index (χ0v) is 15.1. The summed E-state index contributed by atoms with van der Waals surface area (Å²) < 4.78 is 4.73. The van der Waals surface area contributed by atoms with Gasteiger partial charge in [-0.25, -0.2) is 4.79 Å². The van der Waals surface area contributed by atoms with Crippen LogP contribution in [0, 0.1) is 12.3 Å². The van der Waals surface area contributed by atoms with Crippen LogP contribution in [0.15, 0.2) is 42.5 Å². The van der Waals surface area contributed by atoms with Crippen LogP contribution in [0.25, 0.3) is 11.1 Å². The topological polar surface area (TPSA) is 46.6 Å². The summed E-state index contributed by atoms with van der Waals surface area (Å²) in [5.41, 5.74) is 4.42. The smallest absolute Gasteiger partial charge is 0.337 e. The predicted octanol–water partition coefficient (Wildman–Crippen LogP) is 4.21. The van der Waals surface area contributed by atoms with Crippen LogP contribution in [-0.4, -0.2) is 25.5 Å². The van der Waals surface area contributed by atoms with Crippen LogP contribution in [0.2, 0.25) is 0 Å². The molecule has 3 rings (SSSR count). The molecule has 4 heteroatoms. The summed E-state index contributed by atoms with van der Waals surface area (Å²) >= 11 is 0. The highest BCUT2D eigenvalue weighted by Crippen LogP contribution is 2.35. The number of ether oxygens (including phenoxy) is 1. The third-order valence-electron chi connectivity index (χ3n) is 4.92. The van der Waals surface area contributed by atoms with E-state index in [9.17, 15) is 9.59 Å². The predicted molar refractivity (Wildman–Crippen MR) is 98.7 cm³/mol. The Morgan fingerprint density at radius 1 is 1.12 bits per heavy atom. The molecule has 1 heterocycles. The standard InChI is InChI=1S/C21H23NO3/c1-14-13-17(22-12-11-21(2,3)20(22)24)9-10-18(14)15-5-7-16(8-6-15)19(23)25-4/h5-10,13H,11-12H2,1-4H3. The van der Waals surface area contributed by atoms with E-state index in [1.807, 2.05) is 49.9 Å². The van der Waals surface area contributed by atoms with Crippen LogP contribution < -0.4 is 4.90 Å². The van der Waals surface area contributed by atoms with Gasteiger partial charge in [0.1, 0.15) is 0 Å². The lowest BCUT2D eigenvalue weighted by molar-refractivity contribution is -0.123. The van der Waals surface area contributed by atoms with Crippen molar-refractivity contribution < 1.29 is 14.3 Å². The summed E-state index contributed by atoms with van der Waals surface area (Å²) in [6.07, 6.45) is 0.877. The number of esters is 1. The molecule has 25 heavy (non-hydrogen) atoms. The minimum Gasteiger partial charge on any atom is -0.465 e. The molecular weight excluding hydrogens is 314 g/mol. The number of aryl methyl sites for hydroxylation is 1. The summed E-state index contributed by atoms with van der Waals surface area (Å²) in [4.78, 5) is 25.9. The molecule has 2 aromatic carbocycles. The molecule has 0 unspecified atom stereocenters. The van der Waals surface area contributed by atoms with Gasteiger partial charge in [-0.15, -0.1) is 0 Å². The maximum atomic E-state index is 12.5. The Labute approximate surface area is 148 Å². The Bertz CT molecular complexity index is 822. The van der Waals surface area contributed by atoms with E-state index in [1.54, 1.807) is 12.1 Å². The van der Waals surface area contributed by atoms with E-state index >= 15 is 0 Å². The van der Waals surface area contributed by atoms with Crippen molar-refractivity contribution in [3.05, 3.63) is 53.6 Å². The minimum absolute atomic E-state index is 0.182. The molecule has 4 nitrogen and oxygen atoms in total. The quantitative estimate of drug-likeness (QED) is 0.788. The molecule has 1 aliphatic rings. The average Bonchev–Trinajstić information content (AvgIpc) is 2.88. The third kappa shape index (κ3) is 3.16. The highest BCUT2D eigenvalue weighted by molar-refractivity contribution is 5.99. The Hall–Kier alpha value is -2.62. The van der Waals surface area contributed by atoms with Gasteiger partial charge in [0, 0.05) is 17.6 Å². The zero-order chi connectivity index (χ0) is 18.2. The second kappa shape index (κ2) is 6.36. The SMILES string of the molecule is COC(=O)c1ccc(-c2ccc(N3CCC(C)(C)C3=O)cc2C)cc1. The van der Waals surface area contributed by atoms with Crippen LogP contribution in [0.3, 0.4) is 0 Å². The lowest BCUT2D eigenvalue weighted by Crippen LogP contribution is -2.30. The molecule has 1 amide bonds. The van der Waals surface area contributed by atoms with E-state index < -0.39 is 0 Å². The van der Waals surface area contributed by atoms with Crippen molar-refractivity contribution in [1.29, 1.82) is 0 Å². The van der Waals surface area contributed by atoms with Crippen molar-refractivity contribution in [1.82, 2.24) is 0 Å². The molecule has 1 aliphatic heterocycles. The summed E-state index contributed by atoms with van der Waals surface area (Å²) in [6, 6.07) is 13.5. The van der Waals surface area contributed by atoms with Crippen LogP contribution in [0.1, 0.15) is 36.2 Å². The number of carbonyl (C=O) groups is 2. The first kappa shape index (κ1) is 17.2. The second-order valence-corrected chi connectivity index (χ2v) is 7.16. The van der Waals surface area contributed by atoms with E-state index in [0.29, 0.717) is 5.56 Å². The summed E-state index contributed by atoms with van der Waals surface area (Å²) in [6.45, 7) is 6.80. The van der Waals surface area contributed by atoms with Crippen molar-refractivity contribution in [2.45, 2.75) is 27.2 Å². The van der Waals surface area contributed by atoms with E-state index in [1.165, 1.54) is 7.11 Å². The van der Waals surface area contributed by atoms with E-state index in [0.717, 1.165) is 35.3 Å². The Morgan fingerprint density at radius 2 is 1.80 bits per heavy atom. The minimum atomic E-state index is -0.339. The highest BCUT2D eigenvalue weighted by Gasteiger charge is 2.39. The van der Waals surface area contributed by atoms with Gasteiger partial charge in [0.25, 0.3) is 0 Å². The summed E-state index contributed by atoms with van der Waals surface area (Å²) in [5, 5.41) is 0. The van der Waals surface area contributed by atoms with Gasteiger partial charge in [0.2, 0.25) is 5.91 Å². The second-order valence-electron chi connectivity index (χ2n) is 7.16. The largest absolute Gasteiger partial charge is 0.465 e. The Kier molecular flexibility index (Phi) is 4.38. The zero-order valence-electron chi connectivity index (χ0n) is 15.1. The number of nitrogens with zero attached hydrogens (tertiary/aromatic N) is 1. The molecule has 0 radical (unpaired) electrons. The van der Waals surface area contributed by atoms with E-state index in [2.05, 4.69) is 6.07 Å². The lowest BCUT2D eigenvalue weighted by atomic mass is 9.92.